The number of halogens is 1. The van der Waals surface area contributed by atoms with E-state index >= 15 is 0 Å². The van der Waals surface area contributed by atoms with Gasteiger partial charge in [0.15, 0.2) is 0 Å². The van der Waals surface area contributed by atoms with E-state index in [4.69, 9.17) is 17.3 Å². The third-order valence-electron chi connectivity index (χ3n) is 2.51. The fraction of sp³-hybridized carbons (Fsp3) is 0.154. The smallest absolute Gasteiger partial charge is 0.0408 e. The summed E-state index contributed by atoms with van der Waals surface area (Å²) in [6.45, 7) is 0. The summed E-state index contributed by atoms with van der Waals surface area (Å²) in [4.78, 5) is 4.07. The first kappa shape index (κ1) is 11.0. The molecule has 0 aliphatic carbocycles. The van der Waals surface area contributed by atoms with Crippen LogP contribution in [0, 0.1) is 0 Å². The van der Waals surface area contributed by atoms with E-state index in [-0.39, 0.29) is 0 Å². The lowest BCUT2D eigenvalue weighted by molar-refractivity contribution is 0.953. The second-order valence-electron chi connectivity index (χ2n) is 3.70. The SMILES string of the molecule is Nc1ccncc1CCc1cccc(Cl)c1. The van der Waals surface area contributed by atoms with E-state index in [2.05, 4.69) is 11.1 Å². The van der Waals surface area contributed by atoms with Gasteiger partial charge in [0.05, 0.1) is 0 Å². The van der Waals surface area contributed by atoms with Gasteiger partial charge in [0.25, 0.3) is 0 Å². The van der Waals surface area contributed by atoms with E-state index in [1.807, 2.05) is 30.5 Å². The highest BCUT2D eigenvalue weighted by Crippen LogP contribution is 2.15. The molecule has 82 valence electrons. The van der Waals surface area contributed by atoms with E-state index in [1.54, 1.807) is 6.20 Å². The van der Waals surface area contributed by atoms with Gasteiger partial charge in [0.2, 0.25) is 0 Å². The molecule has 2 rings (SSSR count). The molecule has 0 saturated heterocycles. The van der Waals surface area contributed by atoms with Crippen LogP contribution in [0.2, 0.25) is 5.02 Å². The monoisotopic (exact) mass is 232 g/mol. The van der Waals surface area contributed by atoms with Crippen LogP contribution in [0.15, 0.2) is 42.7 Å². The van der Waals surface area contributed by atoms with Crippen LogP contribution in [0.25, 0.3) is 0 Å². The molecule has 1 aromatic heterocycles. The Labute approximate surface area is 100 Å². The molecule has 0 aliphatic rings. The molecule has 0 spiro atoms. The lowest BCUT2D eigenvalue weighted by atomic mass is 10.1. The first-order valence-corrected chi connectivity index (χ1v) is 5.56. The molecular weight excluding hydrogens is 220 g/mol. The van der Waals surface area contributed by atoms with Gasteiger partial charge >= 0.3 is 0 Å². The molecule has 0 fully saturated rings. The van der Waals surface area contributed by atoms with Crippen molar-refractivity contribution in [2.75, 3.05) is 5.73 Å². The van der Waals surface area contributed by atoms with Gasteiger partial charge in [-0.3, -0.25) is 4.98 Å². The minimum absolute atomic E-state index is 0.775. The summed E-state index contributed by atoms with van der Waals surface area (Å²) >= 11 is 5.92. The van der Waals surface area contributed by atoms with Crippen molar-refractivity contribution >= 4 is 17.3 Å². The summed E-state index contributed by atoms with van der Waals surface area (Å²) in [7, 11) is 0. The lowest BCUT2D eigenvalue weighted by Gasteiger charge is -2.04. The second-order valence-corrected chi connectivity index (χ2v) is 4.14. The van der Waals surface area contributed by atoms with Crippen LogP contribution in [0.3, 0.4) is 0 Å². The second kappa shape index (κ2) is 4.99. The summed E-state index contributed by atoms with van der Waals surface area (Å²) in [5.41, 5.74) is 8.96. The van der Waals surface area contributed by atoms with Gasteiger partial charge in [-0.15, -0.1) is 0 Å². The molecule has 2 nitrogen and oxygen atoms in total. The van der Waals surface area contributed by atoms with Crippen LogP contribution in [-0.2, 0) is 12.8 Å². The zero-order valence-electron chi connectivity index (χ0n) is 8.86. The number of aryl methyl sites for hydroxylation is 2. The van der Waals surface area contributed by atoms with Gasteiger partial charge in [-0.1, -0.05) is 23.7 Å². The van der Waals surface area contributed by atoms with Gasteiger partial charge in [-0.25, -0.2) is 0 Å². The third-order valence-corrected chi connectivity index (χ3v) is 2.75. The van der Waals surface area contributed by atoms with Crippen molar-refractivity contribution in [2.45, 2.75) is 12.8 Å². The quantitative estimate of drug-likeness (QED) is 0.883. The predicted molar refractivity (Wildman–Crippen MR) is 67.5 cm³/mol. The highest BCUT2D eigenvalue weighted by molar-refractivity contribution is 6.30. The van der Waals surface area contributed by atoms with E-state index < -0.39 is 0 Å². The molecular formula is C13H13ClN2. The molecule has 0 aliphatic heterocycles. The molecule has 0 atom stereocenters. The van der Waals surface area contributed by atoms with Crippen LogP contribution < -0.4 is 5.73 Å². The number of nitrogen functional groups attached to an aromatic ring is 1. The van der Waals surface area contributed by atoms with Crippen molar-refractivity contribution in [1.29, 1.82) is 0 Å². The zero-order chi connectivity index (χ0) is 11.4. The third kappa shape index (κ3) is 2.74. The maximum Gasteiger partial charge on any atom is 0.0408 e. The van der Waals surface area contributed by atoms with E-state index in [1.165, 1.54) is 5.56 Å². The highest BCUT2D eigenvalue weighted by Gasteiger charge is 2.00. The first-order valence-electron chi connectivity index (χ1n) is 5.18. The largest absolute Gasteiger partial charge is 0.398 e. The number of aromatic nitrogens is 1. The van der Waals surface area contributed by atoms with Gasteiger partial charge in [0, 0.05) is 23.1 Å². The molecule has 0 unspecified atom stereocenters. The Balaban J connectivity index is 2.05. The van der Waals surface area contributed by atoms with Crippen LogP contribution in [0.1, 0.15) is 11.1 Å². The molecule has 0 bridgehead atoms. The Kier molecular flexibility index (Phi) is 3.42. The standard InChI is InChI=1S/C13H13ClN2/c14-12-3-1-2-10(8-12)4-5-11-9-16-7-6-13(11)15/h1-3,6-9H,4-5H2,(H2,15,16). The molecule has 2 aromatic rings. The summed E-state index contributed by atoms with van der Waals surface area (Å²) < 4.78 is 0. The minimum atomic E-state index is 0.775. The Morgan fingerprint density at radius 3 is 2.81 bits per heavy atom. The average Bonchev–Trinajstić information content (AvgIpc) is 2.28. The van der Waals surface area contributed by atoms with Crippen molar-refractivity contribution in [3.8, 4) is 0 Å². The van der Waals surface area contributed by atoms with Gasteiger partial charge < -0.3 is 5.73 Å². The van der Waals surface area contributed by atoms with Crippen molar-refractivity contribution in [3.63, 3.8) is 0 Å². The maximum atomic E-state index is 5.92. The number of rotatable bonds is 3. The number of hydrogen-bond donors (Lipinski definition) is 1. The average molecular weight is 233 g/mol. The Bertz CT molecular complexity index is 483. The molecule has 3 heteroatoms. The van der Waals surface area contributed by atoms with Gasteiger partial charge in [-0.2, -0.15) is 0 Å². The topological polar surface area (TPSA) is 38.9 Å². The molecule has 2 N–H and O–H groups in total. The minimum Gasteiger partial charge on any atom is -0.398 e. The molecule has 0 amide bonds. The molecule has 1 aromatic carbocycles. The fourth-order valence-corrected chi connectivity index (χ4v) is 1.83. The number of anilines is 1. The number of hydrogen-bond acceptors (Lipinski definition) is 2. The molecule has 16 heavy (non-hydrogen) atoms. The predicted octanol–water partition coefficient (Wildman–Crippen LogP) is 3.10. The normalized spacial score (nSPS) is 10.3. The molecule has 1 heterocycles. The summed E-state index contributed by atoms with van der Waals surface area (Å²) in [6, 6.07) is 9.72. The number of benzene rings is 1. The summed E-state index contributed by atoms with van der Waals surface area (Å²) in [6.07, 6.45) is 5.34. The Morgan fingerprint density at radius 1 is 1.19 bits per heavy atom. The van der Waals surface area contributed by atoms with E-state index in [0.29, 0.717) is 0 Å². The van der Waals surface area contributed by atoms with Crippen LogP contribution in [0.5, 0.6) is 0 Å². The summed E-state index contributed by atoms with van der Waals surface area (Å²) in [5, 5.41) is 0.775. The first-order chi connectivity index (χ1) is 7.75. The number of pyridine rings is 1. The van der Waals surface area contributed by atoms with E-state index in [9.17, 15) is 0 Å². The van der Waals surface area contributed by atoms with Gasteiger partial charge in [-0.05, 0) is 42.2 Å². The van der Waals surface area contributed by atoms with Gasteiger partial charge in [0.1, 0.15) is 0 Å². The van der Waals surface area contributed by atoms with Crippen LogP contribution in [0.4, 0.5) is 5.69 Å². The highest BCUT2D eigenvalue weighted by atomic mass is 35.5. The van der Waals surface area contributed by atoms with Crippen LogP contribution >= 0.6 is 11.6 Å². The zero-order valence-corrected chi connectivity index (χ0v) is 9.61. The Morgan fingerprint density at radius 2 is 2.06 bits per heavy atom. The van der Waals surface area contributed by atoms with E-state index in [0.717, 1.165) is 29.1 Å². The maximum absolute atomic E-state index is 5.92. The Hall–Kier alpha value is -1.54. The van der Waals surface area contributed by atoms with Crippen molar-refractivity contribution < 1.29 is 0 Å². The van der Waals surface area contributed by atoms with Crippen molar-refractivity contribution in [3.05, 3.63) is 58.9 Å². The van der Waals surface area contributed by atoms with Crippen LogP contribution in [-0.4, -0.2) is 4.98 Å². The molecule has 0 radical (unpaired) electrons. The molecule has 0 saturated carbocycles. The number of nitrogens with two attached hydrogens (primary N) is 1. The van der Waals surface area contributed by atoms with Crippen molar-refractivity contribution in [1.82, 2.24) is 4.98 Å². The number of nitrogens with zero attached hydrogens (tertiary/aromatic N) is 1. The van der Waals surface area contributed by atoms with Crippen molar-refractivity contribution in [2.24, 2.45) is 0 Å². The lowest BCUT2D eigenvalue weighted by Crippen LogP contribution is -1.97. The summed E-state index contributed by atoms with van der Waals surface area (Å²) in [5.74, 6) is 0. The fourth-order valence-electron chi connectivity index (χ4n) is 1.62.